The topological polar surface area (TPSA) is 107 Å². The molecule has 0 spiro atoms. The van der Waals surface area contributed by atoms with Gasteiger partial charge in [-0.25, -0.2) is 4.79 Å². The summed E-state index contributed by atoms with van der Waals surface area (Å²) in [5, 5.41) is 2.46. The van der Waals surface area contributed by atoms with Crippen LogP contribution in [0.1, 0.15) is 25.5 Å². The number of ether oxygens (including phenoxy) is 1. The van der Waals surface area contributed by atoms with Gasteiger partial charge in [-0.3, -0.25) is 10.1 Å². The van der Waals surface area contributed by atoms with Crippen molar-refractivity contribution in [3.63, 3.8) is 0 Å². The van der Waals surface area contributed by atoms with E-state index in [9.17, 15) is 9.59 Å². The number of rotatable bonds is 4. The second-order valence-electron chi connectivity index (χ2n) is 4.08. The zero-order chi connectivity index (χ0) is 14.6. The van der Waals surface area contributed by atoms with E-state index in [1.54, 1.807) is 25.1 Å². The highest BCUT2D eigenvalue weighted by atomic mass is 35.5. The van der Waals surface area contributed by atoms with Crippen molar-refractivity contribution in [1.29, 1.82) is 0 Å². The van der Waals surface area contributed by atoms with Crippen molar-refractivity contribution in [3.05, 3.63) is 28.8 Å². The third kappa shape index (κ3) is 4.42. The molecule has 0 radical (unpaired) electrons. The van der Waals surface area contributed by atoms with E-state index in [2.05, 4.69) is 0 Å². The molecule has 1 rings (SSSR count). The number of halogens is 1. The maximum absolute atomic E-state index is 11.5. The van der Waals surface area contributed by atoms with Gasteiger partial charge in [0.2, 0.25) is 0 Å². The Bertz CT molecular complexity index is 491. The maximum atomic E-state index is 11.5. The molecule has 0 heterocycles. The molecule has 0 saturated heterocycles. The molecule has 0 aliphatic heterocycles. The standard InChI is InChI=1S/C12H16ClN3O3/c1-6(14)9-5-8(13)3-4-10(9)19-7(2)11(17)16-12(15)18/h3-7H,14H2,1-2H3,(H3,15,16,17,18)/t6-,7?/m1/s1. The Morgan fingerprint density at radius 3 is 2.53 bits per heavy atom. The van der Waals surface area contributed by atoms with Gasteiger partial charge in [0.15, 0.2) is 6.10 Å². The average molecular weight is 286 g/mol. The summed E-state index contributed by atoms with van der Waals surface area (Å²) in [5.41, 5.74) is 11.3. The summed E-state index contributed by atoms with van der Waals surface area (Å²) in [6, 6.07) is 3.68. The van der Waals surface area contributed by atoms with E-state index < -0.39 is 18.0 Å². The first-order valence-corrected chi connectivity index (χ1v) is 6.01. The Morgan fingerprint density at radius 2 is 2.00 bits per heavy atom. The van der Waals surface area contributed by atoms with Gasteiger partial charge < -0.3 is 16.2 Å². The molecule has 0 bridgehead atoms. The largest absolute Gasteiger partial charge is 0.481 e. The molecule has 0 aliphatic rings. The van der Waals surface area contributed by atoms with E-state index in [0.29, 0.717) is 16.3 Å². The molecular formula is C12H16ClN3O3. The quantitative estimate of drug-likeness (QED) is 0.775. The zero-order valence-corrected chi connectivity index (χ0v) is 11.4. The number of hydrogen-bond acceptors (Lipinski definition) is 4. The summed E-state index contributed by atoms with van der Waals surface area (Å²) in [6.45, 7) is 3.27. The Morgan fingerprint density at radius 1 is 1.37 bits per heavy atom. The highest BCUT2D eigenvalue weighted by Gasteiger charge is 2.18. The first-order valence-electron chi connectivity index (χ1n) is 5.63. The summed E-state index contributed by atoms with van der Waals surface area (Å²) in [6.07, 6.45) is -0.883. The minimum Gasteiger partial charge on any atom is -0.481 e. The minimum atomic E-state index is -0.927. The molecule has 2 atom stereocenters. The van der Waals surface area contributed by atoms with Crippen LogP contribution in [0, 0.1) is 0 Å². The molecule has 5 N–H and O–H groups in total. The van der Waals surface area contributed by atoms with E-state index in [4.69, 9.17) is 27.8 Å². The minimum absolute atomic E-state index is 0.305. The molecule has 104 valence electrons. The second-order valence-corrected chi connectivity index (χ2v) is 4.52. The Labute approximate surface area is 116 Å². The monoisotopic (exact) mass is 285 g/mol. The van der Waals surface area contributed by atoms with E-state index in [-0.39, 0.29) is 6.04 Å². The molecular weight excluding hydrogens is 270 g/mol. The number of benzene rings is 1. The Balaban J connectivity index is 2.87. The van der Waals surface area contributed by atoms with Gasteiger partial charge in [0.25, 0.3) is 5.91 Å². The highest BCUT2D eigenvalue weighted by Crippen LogP contribution is 2.28. The van der Waals surface area contributed by atoms with Crippen molar-refractivity contribution < 1.29 is 14.3 Å². The molecule has 0 aromatic heterocycles. The number of urea groups is 1. The van der Waals surface area contributed by atoms with Crippen LogP contribution < -0.4 is 21.5 Å². The molecule has 19 heavy (non-hydrogen) atoms. The summed E-state index contributed by atoms with van der Waals surface area (Å²) in [4.78, 5) is 22.1. The Kier molecular flexibility index (Phi) is 5.14. The third-order valence-electron chi connectivity index (χ3n) is 2.38. The fraction of sp³-hybridized carbons (Fsp3) is 0.333. The van der Waals surface area contributed by atoms with E-state index >= 15 is 0 Å². The maximum Gasteiger partial charge on any atom is 0.318 e. The molecule has 7 heteroatoms. The SMILES string of the molecule is CC(Oc1ccc(Cl)cc1[C@@H](C)N)C(=O)NC(N)=O. The van der Waals surface area contributed by atoms with Crippen LogP contribution in [-0.2, 0) is 4.79 Å². The second kappa shape index (κ2) is 6.40. The first kappa shape index (κ1) is 15.3. The van der Waals surface area contributed by atoms with Crippen LogP contribution in [0.5, 0.6) is 5.75 Å². The fourth-order valence-corrected chi connectivity index (χ4v) is 1.63. The summed E-state index contributed by atoms with van der Waals surface area (Å²) in [5.74, 6) is -0.190. The summed E-state index contributed by atoms with van der Waals surface area (Å²) >= 11 is 5.88. The lowest BCUT2D eigenvalue weighted by Gasteiger charge is -2.18. The van der Waals surface area contributed by atoms with Crippen LogP contribution in [-0.4, -0.2) is 18.0 Å². The van der Waals surface area contributed by atoms with E-state index in [0.717, 1.165) is 0 Å². The highest BCUT2D eigenvalue weighted by molar-refractivity contribution is 6.30. The van der Waals surface area contributed by atoms with Gasteiger partial charge in [0, 0.05) is 16.6 Å². The van der Waals surface area contributed by atoms with Gasteiger partial charge >= 0.3 is 6.03 Å². The molecule has 0 fully saturated rings. The molecule has 6 nitrogen and oxygen atoms in total. The van der Waals surface area contributed by atoms with Gasteiger partial charge in [0.05, 0.1) is 0 Å². The van der Waals surface area contributed by atoms with Crippen molar-refractivity contribution in [2.45, 2.75) is 26.0 Å². The molecule has 1 unspecified atom stereocenters. The van der Waals surface area contributed by atoms with Crippen molar-refractivity contribution in [1.82, 2.24) is 5.32 Å². The molecule has 0 aliphatic carbocycles. The van der Waals surface area contributed by atoms with Crippen LogP contribution in [0.2, 0.25) is 5.02 Å². The van der Waals surface area contributed by atoms with Crippen LogP contribution in [0.15, 0.2) is 18.2 Å². The number of nitrogens with two attached hydrogens (primary N) is 2. The molecule has 0 saturated carbocycles. The van der Waals surface area contributed by atoms with Gasteiger partial charge in [0.1, 0.15) is 5.75 Å². The van der Waals surface area contributed by atoms with Crippen molar-refractivity contribution >= 4 is 23.5 Å². The lowest BCUT2D eigenvalue weighted by Crippen LogP contribution is -2.42. The normalized spacial score (nSPS) is 13.5. The summed E-state index contributed by atoms with van der Waals surface area (Å²) < 4.78 is 5.47. The predicted octanol–water partition coefficient (Wildman–Crippen LogP) is 1.32. The number of carbonyl (C=O) groups is 2. The average Bonchev–Trinajstić information content (AvgIpc) is 2.30. The fourth-order valence-electron chi connectivity index (χ4n) is 1.45. The van der Waals surface area contributed by atoms with Crippen molar-refractivity contribution in [2.24, 2.45) is 11.5 Å². The van der Waals surface area contributed by atoms with Gasteiger partial charge in [-0.05, 0) is 32.0 Å². The first-order chi connectivity index (χ1) is 8.81. The van der Waals surface area contributed by atoms with Gasteiger partial charge in [-0.2, -0.15) is 0 Å². The lowest BCUT2D eigenvalue weighted by molar-refractivity contribution is -0.126. The number of primary amides is 1. The van der Waals surface area contributed by atoms with Crippen LogP contribution >= 0.6 is 11.6 Å². The molecule has 3 amide bonds. The number of carbonyl (C=O) groups excluding carboxylic acids is 2. The predicted molar refractivity (Wildman–Crippen MR) is 71.9 cm³/mol. The van der Waals surface area contributed by atoms with Gasteiger partial charge in [-0.1, -0.05) is 11.6 Å². The van der Waals surface area contributed by atoms with E-state index in [1.165, 1.54) is 6.92 Å². The smallest absolute Gasteiger partial charge is 0.318 e. The van der Waals surface area contributed by atoms with Gasteiger partial charge in [-0.15, -0.1) is 0 Å². The Hall–Kier alpha value is -1.79. The third-order valence-corrected chi connectivity index (χ3v) is 2.62. The summed E-state index contributed by atoms with van der Waals surface area (Å²) in [7, 11) is 0. The van der Waals surface area contributed by atoms with Crippen LogP contribution in [0.3, 0.4) is 0 Å². The van der Waals surface area contributed by atoms with Crippen LogP contribution in [0.4, 0.5) is 4.79 Å². The number of hydrogen-bond donors (Lipinski definition) is 3. The lowest BCUT2D eigenvalue weighted by atomic mass is 10.1. The number of amides is 3. The van der Waals surface area contributed by atoms with Crippen molar-refractivity contribution in [2.75, 3.05) is 0 Å². The van der Waals surface area contributed by atoms with Crippen molar-refractivity contribution in [3.8, 4) is 5.75 Å². The van der Waals surface area contributed by atoms with Crippen LogP contribution in [0.25, 0.3) is 0 Å². The number of nitrogens with one attached hydrogen (secondary N) is 1. The molecule has 1 aromatic carbocycles. The number of imide groups is 1. The zero-order valence-electron chi connectivity index (χ0n) is 10.6. The van der Waals surface area contributed by atoms with E-state index in [1.807, 2.05) is 5.32 Å². The molecule has 1 aromatic rings.